The first-order chi connectivity index (χ1) is 12.5. The fourth-order valence-electron chi connectivity index (χ4n) is 3.32. The normalized spacial score (nSPS) is 19.7. The average Bonchev–Trinajstić information content (AvgIpc) is 2.69. The van der Waals surface area contributed by atoms with Crippen LogP contribution in [0.1, 0.15) is 37.8 Å². The summed E-state index contributed by atoms with van der Waals surface area (Å²) in [6.45, 7) is 2.28. The molecule has 138 valence electrons. The molecule has 0 spiro atoms. The third-order valence-corrected chi connectivity index (χ3v) is 6.69. The van der Waals surface area contributed by atoms with E-state index in [2.05, 4.69) is 5.32 Å². The number of carbonyl (C=O) groups is 1. The lowest BCUT2D eigenvalue weighted by Crippen LogP contribution is -2.52. The Balaban J connectivity index is 1.79. The molecule has 2 aromatic rings. The zero-order valence-electron chi connectivity index (χ0n) is 14.8. The number of carbonyl (C=O) groups excluding carboxylic acids is 1. The fourth-order valence-corrected chi connectivity index (χ4v) is 4.99. The molecule has 1 fully saturated rings. The van der Waals surface area contributed by atoms with Crippen molar-refractivity contribution in [1.29, 1.82) is 0 Å². The molecule has 0 saturated carbocycles. The highest BCUT2D eigenvalue weighted by molar-refractivity contribution is 7.89. The number of piperidine rings is 1. The van der Waals surface area contributed by atoms with Crippen LogP contribution in [0, 0.1) is 0 Å². The summed E-state index contributed by atoms with van der Waals surface area (Å²) in [4.78, 5) is 13.1. The maximum absolute atomic E-state index is 13.0. The van der Waals surface area contributed by atoms with Crippen molar-refractivity contribution in [1.82, 2.24) is 9.62 Å². The van der Waals surface area contributed by atoms with E-state index in [1.807, 2.05) is 37.3 Å². The van der Waals surface area contributed by atoms with E-state index in [0.717, 1.165) is 18.4 Å². The van der Waals surface area contributed by atoms with Crippen LogP contribution in [0.2, 0.25) is 0 Å². The molecule has 26 heavy (non-hydrogen) atoms. The monoisotopic (exact) mass is 372 g/mol. The summed E-state index contributed by atoms with van der Waals surface area (Å²) < 4.78 is 27.4. The molecule has 0 radical (unpaired) electrons. The molecule has 5 nitrogen and oxygen atoms in total. The zero-order chi connectivity index (χ0) is 18.6. The van der Waals surface area contributed by atoms with Crippen LogP contribution in [-0.4, -0.2) is 31.2 Å². The van der Waals surface area contributed by atoms with Crippen LogP contribution in [-0.2, 0) is 14.8 Å². The molecule has 1 aliphatic rings. The molecule has 2 atom stereocenters. The van der Waals surface area contributed by atoms with Crippen LogP contribution in [0.25, 0.3) is 0 Å². The van der Waals surface area contributed by atoms with Crippen LogP contribution in [0.3, 0.4) is 0 Å². The van der Waals surface area contributed by atoms with Crippen LogP contribution < -0.4 is 5.32 Å². The Labute approximate surface area is 155 Å². The highest BCUT2D eigenvalue weighted by atomic mass is 32.2. The maximum Gasteiger partial charge on any atom is 0.243 e. The van der Waals surface area contributed by atoms with Crippen molar-refractivity contribution in [3.63, 3.8) is 0 Å². The maximum atomic E-state index is 13.0. The smallest absolute Gasteiger partial charge is 0.243 e. The second-order valence-electron chi connectivity index (χ2n) is 6.58. The van der Waals surface area contributed by atoms with Crippen molar-refractivity contribution in [3.8, 4) is 0 Å². The molecule has 1 heterocycles. The van der Waals surface area contributed by atoms with Crippen molar-refractivity contribution in [2.75, 3.05) is 6.54 Å². The number of amides is 1. The Morgan fingerprint density at radius 3 is 2.31 bits per heavy atom. The molecule has 1 N–H and O–H groups in total. The van der Waals surface area contributed by atoms with Crippen LogP contribution in [0.15, 0.2) is 65.6 Å². The number of hydrogen-bond donors (Lipinski definition) is 1. The van der Waals surface area contributed by atoms with Gasteiger partial charge in [0.15, 0.2) is 0 Å². The van der Waals surface area contributed by atoms with Crippen molar-refractivity contribution >= 4 is 15.9 Å². The van der Waals surface area contributed by atoms with Crippen molar-refractivity contribution < 1.29 is 13.2 Å². The lowest BCUT2D eigenvalue weighted by atomic mass is 10.0. The SMILES string of the molecule is C[C@H](NC(=O)[C@H]1CCCCN1S(=O)(=O)c1ccccc1)c1ccccc1. The summed E-state index contributed by atoms with van der Waals surface area (Å²) in [5.41, 5.74) is 0.995. The first-order valence-corrected chi connectivity index (χ1v) is 10.4. The second kappa shape index (κ2) is 8.01. The Kier molecular flexibility index (Phi) is 5.74. The predicted octanol–water partition coefficient (Wildman–Crippen LogP) is 3.11. The van der Waals surface area contributed by atoms with Gasteiger partial charge in [0.05, 0.1) is 10.9 Å². The van der Waals surface area contributed by atoms with Crippen LogP contribution >= 0.6 is 0 Å². The average molecular weight is 372 g/mol. The summed E-state index contributed by atoms with van der Waals surface area (Å²) >= 11 is 0. The van der Waals surface area contributed by atoms with E-state index in [1.165, 1.54) is 4.31 Å². The highest BCUT2D eigenvalue weighted by Crippen LogP contribution is 2.26. The Bertz CT molecular complexity index is 838. The van der Waals surface area contributed by atoms with Gasteiger partial charge < -0.3 is 5.32 Å². The largest absolute Gasteiger partial charge is 0.348 e. The molecule has 0 bridgehead atoms. The Morgan fingerprint density at radius 1 is 1.04 bits per heavy atom. The van der Waals surface area contributed by atoms with Crippen LogP contribution in [0.4, 0.5) is 0 Å². The number of rotatable bonds is 5. The summed E-state index contributed by atoms with van der Waals surface area (Å²) in [7, 11) is -3.68. The van der Waals surface area contributed by atoms with Gasteiger partial charge in [-0.3, -0.25) is 4.79 Å². The van der Waals surface area contributed by atoms with Gasteiger partial charge in [-0.2, -0.15) is 4.31 Å². The number of nitrogens with zero attached hydrogens (tertiary/aromatic N) is 1. The minimum Gasteiger partial charge on any atom is -0.348 e. The van der Waals surface area contributed by atoms with Gasteiger partial charge in [0.1, 0.15) is 6.04 Å². The predicted molar refractivity (Wildman–Crippen MR) is 101 cm³/mol. The van der Waals surface area contributed by atoms with E-state index in [4.69, 9.17) is 0 Å². The van der Waals surface area contributed by atoms with Crippen molar-refractivity contribution in [3.05, 3.63) is 66.2 Å². The topological polar surface area (TPSA) is 66.5 Å². The standard InChI is InChI=1S/C20H24N2O3S/c1-16(17-10-4-2-5-11-17)21-20(23)19-14-8-9-15-22(19)26(24,25)18-12-6-3-7-13-18/h2-7,10-13,16,19H,8-9,14-15H2,1H3,(H,21,23)/t16-,19+/m0/s1. The zero-order valence-corrected chi connectivity index (χ0v) is 15.7. The molecular formula is C20H24N2O3S. The Morgan fingerprint density at radius 2 is 1.65 bits per heavy atom. The van der Waals surface area contributed by atoms with E-state index >= 15 is 0 Å². The lowest BCUT2D eigenvalue weighted by molar-refractivity contribution is -0.126. The van der Waals surface area contributed by atoms with Gasteiger partial charge in [-0.05, 0) is 37.5 Å². The number of nitrogens with one attached hydrogen (secondary N) is 1. The number of benzene rings is 2. The minimum absolute atomic E-state index is 0.174. The molecule has 0 aromatic heterocycles. The van der Waals surface area contributed by atoms with Crippen molar-refractivity contribution in [2.24, 2.45) is 0 Å². The van der Waals surface area contributed by atoms with Gasteiger partial charge in [0, 0.05) is 6.54 Å². The number of hydrogen-bond acceptors (Lipinski definition) is 3. The quantitative estimate of drug-likeness (QED) is 0.877. The Hall–Kier alpha value is -2.18. The van der Waals surface area contributed by atoms with Gasteiger partial charge in [0.25, 0.3) is 0 Å². The molecule has 3 rings (SSSR count). The minimum atomic E-state index is -3.68. The molecule has 6 heteroatoms. The first-order valence-electron chi connectivity index (χ1n) is 8.92. The molecule has 1 aliphatic heterocycles. The van der Waals surface area contributed by atoms with E-state index in [0.29, 0.717) is 13.0 Å². The fraction of sp³-hybridized carbons (Fsp3) is 0.350. The van der Waals surface area contributed by atoms with Crippen molar-refractivity contribution in [2.45, 2.75) is 43.2 Å². The van der Waals surface area contributed by atoms with Gasteiger partial charge in [0.2, 0.25) is 15.9 Å². The highest BCUT2D eigenvalue weighted by Gasteiger charge is 2.37. The number of sulfonamides is 1. The van der Waals surface area contributed by atoms with E-state index < -0.39 is 16.1 Å². The van der Waals surface area contributed by atoms with Gasteiger partial charge in [-0.15, -0.1) is 0 Å². The summed E-state index contributed by atoms with van der Waals surface area (Å²) in [5, 5.41) is 2.97. The molecule has 2 aromatic carbocycles. The summed E-state index contributed by atoms with van der Waals surface area (Å²) in [5.74, 6) is -0.236. The third kappa shape index (κ3) is 3.97. The van der Waals surface area contributed by atoms with Crippen LogP contribution in [0.5, 0.6) is 0 Å². The van der Waals surface area contributed by atoms with E-state index in [9.17, 15) is 13.2 Å². The van der Waals surface area contributed by atoms with E-state index in [1.54, 1.807) is 30.3 Å². The molecule has 0 aliphatic carbocycles. The summed E-state index contributed by atoms with van der Waals surface area (Å²) in [6.07, 6.45) is 2.15. The molecule has 1 amide bonds. The first kappa shape index (κ1) is 18.6. The van der Waals surface area contributed by atoms with Gasteiger partial charge in [-0.1, -0.05) is 55.0 Å². The second-order valence-corrected chi connectivity index (χ2v) is 8.47. The van der Waals surface area contributed by atoms with E-state index in [-0.39, 0.29) is 16.8 Å². The molecule has 1 saturated heterocycles. The molecular weight excluding hydrogens is 348 g/mol. The summed E-state index contributed by atoms with van der Waals surface area (Å²) in [6, 6.07) is 17.1. The lowest BCUT2D eigenvalue weighted by Gasteiger charge is -2.34. The third-order valence-electron chi connectivity index (χ3n) is 4.76. The van der Waals surface area contributed by atoms with Gasteiger partial charge >= 0.3 is 0 Å². The van der Waals surface area contributed by atoms with Gasteiger partial charge in [-0.25, -0.2) is 8.42 Å². The molecule has 0 unspecified atom stereocenters.